The van der Waals surface area contributed by atoms with E-state index in [9.17, 15) is 14.7 Å². The van der Waals surface area contributed by atoms with Gasteiger partial charge in [-0.05, 0) is 12.8 Å². The molecule has 2 aliphatic rings. The van der Waals surface area contributed by atoms with Crippen LogP contribution in [0.2, 0.25) is 0 Å². The van der Waals surface area contributed by atoms with Gasteiger partial charge in [0.25, 0.3) is 0 Å². The zero-order chi connectivity index (χ0) is 13.8. The highest BCUT2D eigenvalue weighted by atomic mass is 16.5. The molecule has 2 atom stereocenters. The molecule has 2 unspecified atom stereocenters. The number of hydrogen-bond acceptors (Lipinski definition) is 4. The lowest BCUT2D eigenvalue weighted by atomic mass is 10.0. The molecule has 0 aromatic heterocycles. The molecular weight excluding hydrogens is 248 g/mol. The van der Waals surface area contributed by atoms with Crippen LogP contribution < -0.4 is 0 Å². The lowest BCUT2D eigenvalue weighted by Crippen LogP contribution is -2.55. The predicted octanol–water partition coefficient (Wildman–Crippen LogP) is -0.535. The van der Waals surface area contributed by atoms with E-state index in [0.717, 1.165) is 12.8 Å². The Hall–Kier alpha value is -1.14. The third-order valence-electron chi connectivity index (χ3n) is 3.77. The number of aliphatic hydroxyl groups excluding tert-OH is 1. The van der Waals surface area contributed by atoms with E-state index >= 15 is 0 Å². The van der Waals surface area contributed by atoms with E-state index in [2.05, 4.69) is 0 Å². The predicted molar refractivity (Wildman–Crippen MR) is 68.4 cm³/mol. The van der Waals surface area contributed by atoms with Gasteiger partial charge in [0, 0.05) is 25.6 Å². The van der Waals surface area contributed by atoms with Crippen LogP contribution in [0.15, 0.2) is 0 Å². The second-order valence-corrected chi connectivity index (χ2v) is 5.28. The molecule has 1 N–H and O–H groups in total. The summed E-state index contributed by atoms with van der Waals surface area (Å²) in [5.74, 6) is -0.0288. The van der Waals surface area contributed by atoms with Gasteiger partial charge in [-0.2, -0.15) is 0 Å². The highest BCUT2D eigenvalue weighted by Crippen LogP contribution is 2.18. The Morgan fingerprint density at radius 1 is 1.32 bits per heavy atom. The van der Waals surface area contributed by atoms with Crippen LogP contribution in [-0.4, -0.2) is 72.2 Å². The van der Waals surface area contributed by atoms with Gasteiger partial charge in [-0.15, -0.1) is 0 Å². The fraction of sp³-hybridized carbons (Fsp3) is 0.846. The number of amides is 2. The number of piperazine rings is 1. The second-order valence-electron chi connectivity index (χ2n) is 5.28. The molecule has 2 rings (SSSR count). The number of aliphatic hydroxyl groups is 1. The molecule has 6 heteroatoms. The molecule has 0 aliphatic carbocycles. The minimum atomic E-state index is -0.600. The van der Waals surface area contributed by atoms with Crippen LogP contribution >= 0.6 is 0 Å². The number of carbonyl (C=O) groups excluding carboxylic acids is 2. The van der Waals surface area contributed by atoms with Crippen LogP contribution in [0.25, 0.3) is 0 Å². The monoisotopic (exact) mass is 270 g/mol. The maximum absolute atomic E-state index is 12.0. The Balaban J connectivity index is 1.87. The fourth-order valence-corrected chi connectivity index (χ4v) is 2.57. The first-order valence-electron chi connectivity index (χ1n) is 6.93. The topological polar surface area (TPSA) is 70.1 Å². The first-order chi connectivity index (χ1) is 9.11. The summed E-state index contributed by atoms with van der Waals surface area (Å²) in [5.41, 5.74) is 0. The molecule has 2 aliphatic heterocycles. The molecule has 19 heavy (non-hydrogen) atoms. The van der Waals surface area contributed by atoms with Gasteiger partial charge in [-0.25, -0.2) is 0 Å². The molecule has 0 bridgehead atoms. The summed E-state index contributed by atoms with van der Waals surface area (Å²) < 4.78 is 5.23. The molecule has 0 spiro atoms. The number of ether oxygens (including phenoxy) is 1. The lowest BCUT2D eigenvalue weighted by molar-refractivity contribution is -0.151. The number of carbonyl (C=O) groups is 2. The molecule has 108 valence electrons. The normalized spacial score (nSPS) is 26.1. The van der Waals surface area contributed by atoms with Gasteiger partial charge in [0.05, 0.1) is 25.8 Å². The summed E-state index contributed by atoms with van der Waals surface area (Å²) in [6.07, 6.45) is 1.07. The summed E-state index contributed by atoms with van der Waals surface area (Å²) in [5, 5.41) is 10.1. The maximum atomic E-state index is 12.0. The summed E-state index contributed by atoms with van der Waals surface area (Å²) in [7, 11) is 0. The van der Waals surface area contributed by atoms with Crippen molar-refractivity contribution < 1.29 is 19.4 Å². The van der Waals surface area contributed by atoms with Crippen LogP contribution in [0.3, 0.4) is 0 Å². The van der Waals surface area contributed by atoms with E-state index in [-0.39, 0.29) is 37.4 Å². The highest BCUT2D eigenvalue weighted by Gasteiger charge is 2.33. The Morgan fingerprint density at radius 3 is 2.63 bits per heavy atom. The molecule has 6 nitrogen and oxygen atoms in total. The van der Waals surface area contributed by atoms with Gasteiger partial charge >= 0.3 is 0 Å². The van der Waals surface area contributed by atoms with Crippen molar-refractivity contribution in [3.05, 3.63) is 0 Å². The van der Waals surface area contributed by atoms with E-state index < -0.39 is 6.10 Å². The van der Waals surface area contributed by atoms with Gasteiger partial charge in [0.1, 0.15) is 0 Å². The van der Waals surface area contributed by atoms with Crippen molar-refractivity contribution in [2.75, 3.05) is 39.4 Å². The zero-order valence-corrected chi connectivity index (χ0v) is 11.4. The van der Waals surface area contributed by atoms with Crippen molar-refractivity contribution in [3.63, 3.8) is 0 Å². The Bertz CT molecular complexity index is 342. The number of rotatable bonds is 5. The van der Waals surface area contributed by atoms with Gasteiger partial charge < -0.3 is 19.6 Å². The van der Waals surface area contributed by atoms with Crippen molar-refractivity contribution in [2.24, 2.45) is 5.92 Å². The average molecular weight is 270 g/mol. The van der Waals surface area contributed by atoms with Gasteiger partial charge in [0.15, 0.2) is 0 Å². The lowest BCUT2D eigenvalue weighted by Gasteiger charge is -2.35. The summed E-state index contributed by atoms with van der Waals surface area (Å²) in [6, 6.07) is 0. The van der Waals surface area contributed by atoms with Gasteiger partial charge in [0.2, 0.25) is 11.8 Å². The van der Waals surface area contributed by atoms with E-state index in [1.165, 1.54) is 4.90 Å². The van der Waals surface area contributed by atoms with E-state index in [1.807, 2.05) is 6.92 Å². The van der Waals surface area contributed by atoms with Crippen molar-refractivity contribution in [2.45, 2.75) is 25.9 Å². The fourth-order valence-electron chi connectivity index (χ4n) is 2.57. The largest absolute Gasteiger partial charge is 0.391 e. The van der Waals surface area contributed by atoms with Crippen LogP contribution in [0.5, 0.6) is 0 Å². The van der Waals surface area contributed by atoms with Crippen LogP contribution in [0, 0.1) is 5.92 Å². The molecule has 0 aromatic carbocycles. The highest BCUT2D eigenvalue weighted by molar-refractivity contribution is 5.92. The van der Waals surface area contributed by atoms with E-state index in [0.29, 0.717) is 19.8 Å². The molecule has 2 saturated heterocycles. The van der Waals surface area contributed by atoms with Crippen molar-refractivity contribution in [3.8, 4) is 0 Å². The van der Waals surface area contributed by atoms with Crippen LogP contribution in [-0.2, 0) is 14.3 Å². The SMILES string of the molecule is CCCN1CC(=O)N(CC(O)C2CCOC2)CC1=O. The number of β-amino-alcohol motifs (C(OH)–C–C–N with tert-alkyl or cyclic N) is 1. The molecule has 2 fully saturated rings. The van der Waals surface area contributed by atoms with Gasteiger partial charge in [-0.1, -0.05) is 6.92 Å². The van der Waals surface area contributed by atoms with E-state index in [1.54, 1.807) is 4.90 Å². The maximum Gasteiger partial charge on any atom is 0.242 e. The minimum absolute atomic E-state index is 0.0312. The Kier molecular flexibility index (Phi) is 4.76. The number of nitrogens with zero attached hydrogens (tertiary/aromatic N) is 2. The quantitative estimate of drug-likeness (QED) is 0.729. The van der Waals surface area contributed by atoms with E-state index in [4.69, 9.17) is 4.74 Å². The molecular formula is C13H22N2O4. The summed E-state index contributed by atoms with van der Waals surface area (Å²) in [6.45, 7) is 4.27. The zero-order valence-electron chi connectivity index (χ0n) is 11.4. The van der Waals surface area contributed by atoms with Gasteiger partial charge in [-0.3, -0.25) is 9.59 Å². The van der Waals surface area contributed by atoms with Crippen molar-refractivity contribution in [1.29, 1.82) is 0 Å². The molecule has 0 aromatic rings. The number of hydrogen-bond donors (Lipinski definition) is 1. The van der Waals surface area contributed by atoms with Crippen molar-refractivity contribution >= 4 is 11.8 Å². The summed E-state index contributed by atoms with van der Waals surface area (Å²) in [4.78, 5) is 26.9. The van der Waals surface area contributed by atoms with Crippen molar-refractivity contribution in [1.82, 2.24) is 9.80 Å². The smallest absolute Gasteiger partial charge is 0.242 e. The average Bonchev–Trinajstić information content (AvgIpc) is 2.89. The first-order valence-corrected chi connectivity index (χ1v) is 6.93. The Labute approximate surface area is 113 Å². The standard InChI is InChI=1S/C13H22N2O4/c1-2-4-14-7-13(18)15(8-12(14)17)6-11(16)10-3-5-19-9-10/h10-11,16H,2-9H2,1H3. The molecule has 2 amide bonds. The first kappa shape index (κ1) is 14.3. The minimum Gasteiger partial charge on any atom is -0.391 e. The summed E-state index contributed by atoms with van der Waals surface area (Å²) >= 11 is 0. The third-order valence-corrected chi connectivity index (χ3v) is 3.77. The molecule has 0 radical (unpaired) electrons. The van der Waals surface area contributed by atoms with Crippen LogP contribution in [0.4, 0.5) is 0 Å². The van der Waals surface area contributed by atoms with Crippen LogP contribution in [0.1, 0.15) is 19.8 Å². The Morgan fingerprint density at radius 2 is 2.00 bits per heavy atom. The molecule has 2 heterocycles. The molecule has 0 saturated carbocycles. The second kappa shape index (κ2) is 6.34. The third kappa shape index (κ3) is 3.45.